The molecule has 1 aromatic carbocycles. The zero-order valence-corrected chi connectivity index (χ0v) is 11.5. The number of nitrogens with one attached hydrogen (secondary N) is 2. The van der Waals surface area contributed by atoms with Crippen LogP contribution in [0, 0.1) is 0 Å². The Morgan fingerprint density at radius 3 is 2.62 bits per heavy atom. The lowest BCUT2D eigenvalue weighted by Crippen LogP contribution is -2.29. The van der Waals surface area contributed by atoms with Crippen LogP contribution in [0.2, 0.25) is 0 Å². The number of H-pyrrole nitrogens is 1. The van der Waals surface area contributed by atoms with E-state index in [0.717, 1.165) is 5.56 Å². The van der Waals surface area contributed by atoms with Crippen LogP contribution in [0.4, 0.5) is 0 Å². The van der Waals surface area contributed by atoms with Gasteiger partial charge in [-0.05, 0) is 12.0 Å². The smallest absolute Gasteiger partial charge is 0.328 e. The SMILES string of the molecule is O=C(CCCn1ccc(=O)[nH]c1=O)NCc1ccccc1. The van der Waals surface area contributed by atoms with Crippen molar-refractivity contribution < 1.29 is 4.79 Å². The summed E-state index contributed by atoms with van der Waals surface area (Å²) in [6.07, 6.45) is 2.30. The van der Waals surface area contributed by atoms with Gasteiger partial charge in [0.25, 0.3) is 5.56 Å². The predicted octanol–water partition coefficient (Wildman–Crippen LogP) is 0.633. The molecule has 0 spiro atoms. The molecule has 0 unspecified atom stereocenters. The Labute approximate surface area is 121 Å². The number of aryl methyl sites for hydroxylation is 1. The van der Waals surface area contributed by atoms with Crippen LogP contribution in [0.1, 0.15) is 18.4 Å². The molecule has 21 heavy (non-hydrogen) atoms. The lowest BCUT2D eigenvalue weighted by molar-refractivity contribution is -0.121. The molecule has 110 valence electrons. The number of hydrogen-bond acceptors (Lipinski definition) is 3. The third kappa shape index (κ3) is 4.76. The third-order valence-corrected chi connectivity index (χ3v) is 3.03. The maximum Gasteiger partial charge on any atom is 0.328 e. The first-order valence-corrected chi connectivity index (χ1v) is 6.75. The lowest BCUT2D eigenvalue weighted by atomic mass is 10.2. The van der Waals surface area contributed by atoms with Gasteiger partial charge < -0.3 is 9.88 Å². The van der Waals surface area contributed by atoms with Gasteiger partial charge in [0, 0.05) is 31.8 Å². The number of carbonyl (C=O) groups is 1. The molecular formula is C15H17N3O3. The van der Waals surface area contributed by atoms with E-state index in [1.807, 2.05) is 30.3 Å². The van der Waals surface area contributed by atoms with Crippen molar-refractivity contribution in [3.63, 3.8) is 0 Å². The number of aromatic amines is 1. The van der Waals surface area contributed by atoms with Crippen molar-refractivity contribution in [2.45, 2.75) is 25.9 Å². The first-order valence-electron chi connectivity index (χ1n) is 6.75. The van der Waals surface area contributed by atoms with Crippen LogP contribution in [0.5, 0.6) is 0 Å². The molecule has 0 radical (unpaired) electrons. The van der Waals surface area contributed by atoms with Crippen molar-refractivity contribution in [3.05, 3.63) is 69.0 Å². The number of rotatable bonds is 6. The van der Waals surface area contributed by atoms with E-state index in [4.69, 9.17) is 0 Å². The molecular weight excluding hydrogens is 270 g/mol. The van der Waals surface area contributed by atoms with Gasteiger partial charge in [-0.25, -0.2) is 4.79 Å². The first-order chi connectivity index (χ1) is 10.1. The standard InChI is InChI=1S/C15H17N3O3/c19-13(16-11-12-5-2-1-3-6-12)7-4-9-18-10-8-14(20)17-15(18)21/h1-3,5-6,8,10H,4,7,9,11H2,(H,16,19)(H,17,20,21). The second kappa shape index (κ2) is 7.23. The summed E-state index contributed by atoms with van der Waals surface area (Å²) >= 11 is 0. The van der Waals surface area contributed by atoms with Crippen molar-refractivity contribution in [2.75, 3.05) is 0 Å². The molecule has 1 amide bonds. The van der Waals surface area contributed by atoms with Gasteiger partial charge in [0.2, 0.25) is 5.91 Å². The minimum Gasteiger partial charge on any atom is -0.352 e. The number of hydrogen-bond donors (Lipinski definition) is 2. The number of aromatic nitrogens is 2. The van der Waals surface area contributed by atoms with Crippen molar-refractivity contribution in [1.82, 2.24) is 14.9 Å². The quantitative estimate of drug-likeness (QED) is 0.817. The second-order valence-electron chi connectivity index (χ2n) is 4.67. The third-order valence-electron chi connectivity index (χ3n) is 3.03. The molecule has 0 saturated heterocycles. The Morgan fingerprint density at radius 2 is 1.90 bits per heavy atom. The topological polar surface area (TPSA) is 84.0 Å². The van der Waals surface area contributed by atoms with Gasteiger partial charge in [-0.3, -0.25) is 14.6 Å². The van der Waals surface area contributed by atoms with E-state index in [9.17, 15) is 14.4 Å². The van der Waals surface area contributed by atoms with Crippen LogP contribution >= 0.6 is 0 Å². The van der Waals surface area contributed by atoms with Gasteiger partial charge in [0.15, 0.2) is 0 Å². The van der Waals surface area contributed by atoms with E-state index in [1.165, 1.54) is 16.8 Å². The highest BCUT2D eigenvalue weighted by Gasteiger charge is 2.02. The van der Waals surface area contributed by atoms with E-state index >= 15 is 0 Å². The molecule has 6 heteroatoms. The highest BCUT2D eigenvalue weighted by Crippen LogP contribution is 1.98. The minimum atomic E-state index is -0.452. The fourth-order valence-corrected chi connectivity index (χ4v) is 1.92. The first kappa shape index (κ1) is 14.8. The van der Waals surface area contributed by atoms with E-state index in [-0.39, 0.29) is 5.91 Å². The van der Waals surface area contributed by atoms with Crippen LogP contribution in [-0.2, 0) is 17.9 Å². The zero-order chi connectivity index (χ0) is 15.1. The van der Waals surface area contributed by atoms with Crippen LogP contribution in [0.3, 0.4) is 0 Å². The minimum absolute atomic E-state index is 0.0590. The van der Waals surface area contributed by atoms with Gasteiger partial charge >= 0.3 is 5.69 Å². The van der Waals surface area contributed by atoms with Crippen LogP contribution in [0.15, 0.2) is 52.2 Å². The molecule has 2 N–H and O–H groups in total. The number of carbonyl (C=O) groups excluding carboxylic acids is 1. The number of nitrogens with zero attached hydrogens (tertiary/aromatic N) is 1. The second-order valence-corrected chi connectivity index (χ2v) is 4.67. The normalized spacial score (nSPS) is 10.3. The average molecular weight is 287 g/mol. The fraction of sp³-hybridized carbons (Fsp3) is 0.267. The molecule has 6 nitrogen and oxygen atoms in total. The van der Waals surface area contributed by atoms with Gasteiger partial charge in [-0.15, -0.1) is 0 Å². The van der Waals surface area contributed by atoms with E-state index in [0.29, 0.717) is 25.9 Å². The van der Waals surface area contributed by atoms with Gasteiger partial charge in [0.05, 0.1) is 0 Å². The molecule has 0 aliphatic heterocycles. The lowest BCUT2D eigenvalue weighted by Gasteiger charge is -2.06. The molecule has 0 fully saturated rings. The summed E-state index contributed by atoms with van der Waals surface area (Å²) in [7, 11) is 0. The summed E-state index contributed by atoms with van der Waals surface area (Å²) in [5.74, 6) is -0.0590. The van der Waals surface area contributed by atoms with Crippen molar-refractivity contribution in [1.29, 1.82) is 0 Å². The van der Waals surface area contributed by atoms with E-state index in [2.05, 4.69) is 10.3 Å². The summed E-state index contributed by atoms with van der Waals surface area (Å²) in [5, 5.41) is 2.82. The summed E-state index contributed by atoms with van der Waals surface area (Å²) in [4.78, 5) is 36.2. The maximum absolute atomic E-state index is 11.7. The summed E-state index contributed by atoms with van der Waals surface area (Å²) in [5.41, 5.74) is 0.173. The summed E-state index contributed by atoms with van der Waals surface area (Å²) in [6.45, 7) is 0.895. The van der Waals surface area contributed by atoms with Crippen LogP contribution in [0.25, 0.3) is 0 Å². The van der Waals surface area contributed by atoms with Crippen molar-refractivity contribution in [3.8, 4) is 0 Å². The Kier molecular flexibility index (Phi) is 5.09. The molecule has 0 aliphatic rings. The molecule has 2 aromatic rings. The Bertz CT molecular complexity index is 704. The van der Waals surface area contributed by atoms with Gasteiger partial charge in [-0.2, -0.15) is 0 Å². The number of amides is 1. The number of benzene rings is 1. The van der Waals surface area contributed by atoms with Crippen LogP contribution < -0.4 is 16.6 Å². The Hall–Kier alpha value is -2.63. The van der Waals surface area contributed by atoms with E-state index < -0.39 is 11.2 Å². The Balaban J connectivity index is 1.74. The molecule has 0 atom stereocenters. The maximum atomic E-state index is 11.7. The molecule has 2 rings (SSSR count). The highest BCUT2D eigenvalue weighted by molar-refractivity contribution is 5.75. The fourth-order valence-electron chi connectivity index (χ4n) is 1.92. The average Bonchev–Trinajstić information content (AvgIpc) is 2.48. The van der Waals surface area contributed by atoms with Gasteiger partial charge in [0.1, 0.15) is 0 Å². The zero-order valence-electron chi connectivity index (χ0n) is 11.5. The molecule has 1 aromatic heterocycles. The van der Waals surface area contributed by atoms with Crippen LogP contribution in [-0.4, -0.2) is 15.5 Å². The summed E-state index contributed by atoms with van der Waals surface area (Å²) in [6, 6.07) is 10.9. The molecule has 1 heterocycles. The molecule has 0 bridgehead atoms. The largest absolute Gasteiger partial charge is 0.352 e. The molecule has 0 saturated carbocycles. The van der Waals surface area contributed by atoms with Crippen molar-refractivity contribution in [2.24, 2.45) is 0 Å². The summed E-state index contributed by atoms with van der Waals surface area (Å²) < 4.78 is 1.38. The van der Waals surface area contributed by atoms with E-state index in [1.54, 1.807) is 0 Å². The van der Waals surface area contributed by atoms with Gasteiger partial charge in [-0.1, -0.05) is 30.3 Å². The highest BCUT2D eigenvalue weighted by atomic mass is 16.2. The predicted molar refractivity (Wildman–Crippen MR) is 78.8 cm³/mol. The molecule has 0 aliphatic carbocycles. The Morgan fingerprint density at radius 1 is 1.14 bits per heavy atom. The monoisotopic (exact) mass is 287 g/mol. The van der Waals surface area contributed by atoms with Crippen molar-refractivity contribution >= 4 is 5.91 Å².